The van der Waals surface area contributed by atoms with E-state index in [4.69, 9.17) is 44.4 Å². The number of ketones is 3. The van der Waals surface area contributed by atoms with Gasteiger partial charge < -0.3 is 106 Å². The van der Waals surface area contributed by atoms with Gasteiger partial charge in [-0.2, -0.15) is 0 Å². The van der Waals surface area contributed by atoms with Gasteiger partial charge in [-0.25, -0.2) is 33.6 Å². The molecule has 18 atom stereocenters. The number of aromatic nitrogens is 2. The number of amides is 8. The number of Topliss-reactive ketones (excluding diaryl/α,β-unsaturated/α-hetero) is 3. The minimum atomic E-state index is -1.03. The van der Waals surface area contributed by atoms with Crippen LogP contribution in [0, 0.1) is 59.2 Å². The summed E-state index contributed by atoms with van der Waals surface area (Å²) in [7, 11) is 8.04. The lowest BCUT2D eigenvalue weighted by Gasteiger charge is -2.29. The van der Waals surface area contributed by atoms with Gasteiger partial charge in [-0.05, 0) is 217 Å². The van der Waals surface area contributed by atoms with Gasteiger partial charge in [0.1, 0.15) is 93.7 Å². The van der Waals surface area contributed by atoms with Crippen LogP contribution < -0.4 is 42.4 Å². The smallest absolute Gasteiger partial charge is 0.411 e. The van der Waals surface area contributed by atoms with Crippen LogP contribution in [0.3, 0.4) is 0 Å². The zero-order valence-electron chi connectivity index (χ0n) is 82.7. The predicted molar refractivity (Wildman–Crippen MR) is 507 cm³/mol. The molecule has 9 aliphatic rings. The van der Waals surface area contributed by atoms with Crippen LogP contribution in [-0.2, 0) is 100 Å². The molecule has 3 saturated carbocycles. The third kappa shape index (κ3) is 34.5. The van der Waals surface area contributed by atoms with E-state index in [2.05, 4.69) is 58.3 Å². The Morgan fingerprint density at radius 1 is 0.475 bits per heavy atom. The van der Waals surface area contributed by atoms with Crippen molar-refractivity contribution in [1.29, 1.82) is 0 Å². The van der Waals surface area contributed by atoms with Gasteiger partial charge >= 0.3 is 54.0 Å². The lowest BCUT2D eigenvalue weighted by molar-refractivity contribution is -0.146. The average Bonchev–Trinajstić information content (AvgIpc) is 1.62. The van der Waals surface area contributed by atoms with Gasteiger partial charge in [0.05, 0.1) is 54.6 Å². The zero-order valence-corrected chi connectivity index (χ0v) is 83.5. The van der Waals surface area contributed by atoms with E-state index < -0.39 is 113 Å². The number of nitrogens with one attached hydrogen (secondary N) is 8. The number of benzene rings is 2. The highest BCUT2D eigenvalue weighted by atomic mass is 35.5. The van der Waals surface area contributed by atoms with Gasteiger partial charge in [0.2, 0.25) is 29.5 Å². The first kappa shape index (κ1) is 116. The lowest BCUT2D eigenvalue weighted by atomic mass is 9.95. The number of hydrogen-bond acceptors (Lipinski definition) is 29. The Labute approximate surface area is 815 Å². The first-order valence-electron chi connectivity index (χ1n) is 47.2. The monoisotopic (exact) mass is 1970 g/mol. The number of nitrogens with two attached hydrogens (primary N) is 1. The molecule has 3 aliphatic carbocycles. The van der Waals surface area contributed by atoms with Gasteiger partial charge in [-0.1, -0.05) is 46.8 Å². The Kier molecular flexibility index (Phi) is 44.9. The minimum Gasteiger partial charge on any atom is -0.507 e. The minimum absolute atomic E-state index is 0. The number of aromatic carboxylic acids is 1. The molecular formula is C97H143ClN12O29. The lowest BCUT2D eigenvalue weighted by Crippen LogP contribution is -2.52. The van der Waals surface area contributed by atoms with Crippen molar-refractivity contribution < 1.29 is 140 Å². The number of carbonyl (C=O) groups is 18. The number of carboxylic acids is 2. The quantitative estimate of drug-likeness (QED) is 0.0221. The second-order valence-electron chi connectivity index (χ2n) is 39.0. The van der Waals surface area contributed by atoms with Gasteiger partial charge in [-0.15, -0.1) is 12.4 Å². The number of methoxy groups -OCH3 is 6. The number of aromatic hydroxyl groups is 1. The molecule has 6 aliphatic heterocycles. The number of halogens is 1. The fourth-order valence-electron chi connectivity index (χ4n) is 18.2. The number of ether oxygens (including phenoxy) is 8. The Hall–Kier alpha value is -12.0. The molecular weight excluding hydrogens is 1830 g/mol. The van der Waals surface area contributed by atoms with Crippen molar-refractivity contribution in [2.75, 3.05) is 81.9 Å². The van der Waals surface area contributed by atoms with Crippen molar-refractivity contribution in [1.82, 2.24) is 56.6 Å². The summed E-state index contributed by atoms with van der Waals surface area (Å²) >= 11 is 0. The number of aromatic amines is 2. The van der Waals surface area contributed by atoms with Crippen LogP contribution in [0.25, 0.3) is 21.8 Å². The molecule has 2 aromatic carbocycles. The number of aliphatic carboxylic acids is 1. The molecule has 41 nitrogen and oxygen atoms in total. The summed E-state index contributed by atoms with van der Waals surface area (Å²) in [6.45, 7) is 23.8. The molecule has 4 aromatic rings. The van der Waals surface area contributed by atoms with Gasteiger partial charge in [0.15, 0.2) is 0 Å². The first-order valence-corrected chi connectivity index (χ1v) is 47.2. The Bertz CT molecular complexity index is 4920. The molecule has 42 heteroatoms. The molecule has 0 bridgehead atoms. The molecule has 0 spiro atoms. The standard InChI is InChI=1S/C25H31N3O6.C20H32N2O6.C15H24N2O4.C11H19NO4.C9H7NO3.C9H15NO3.C8H14N2O3.ClH/c1-14-10-20(23(30)27-19(25(32)34-3)11-15-6-4-8-21(15)29)28(13-14)24(31)18-12-16-17(26-18)7-5-9-22(16)33-2;1-12-9-15(22(11-12)19(26)28-20(2,3)4)17(24)21-14(18(25)27-5)10-13-7-6-8-16(13)23;1-9-6-11(16-8-9)14(19)17-12(15(20)21-2)7-10-4-3-5-13(10)18;1-7-5-8(9(13)14)12(6-7)10(15)16-11(2,3)4;11-8-3-1-2-6-5(8)4-7(10-6)9(12)13;1-6(9(12)13-2)5-7-3-4-10-8(7)11;1-13-8(12)6(9)4-5-2-3-10-7(5)11;/h5,7,9,12,14-15,19-20,26H,4,6,8,10-11,13H2,1-3H3,(H,27,30);12-15H,6-11H2,1-5H3,(H,21,24);9-12,16H,3-8H2,1-2H3,(H,17,19);7-8H,5-6H2,1-4H3,(H,13,14);1-4,10-11H,(H,12,13);6-7H,3-5H2,1-2H3,(H,10,11);5-6H,2-4,9H2,1H3,(H,10,11);1H/t14-,15+,19+,20+;12-,13+,14+,15+;9-,10+,11+,12+;7-,8+;;6-,7-;5-,6-;/m1111.00./s1. The number of nitrogens with zero attached hydrogens (tertiary/aromatic N) is 3. The number of phenols is 1. The van der Waals surface area contributed by atoms with Crippen LogP contribution in [0.5, 0.6) is 11.5 Å². The molecule has 0 radical (unpaired) electrons. The molecule has 6 saturated heterocycles. The molecule has 9 fully saturated rings. The number of fused-ring (bicyclic) bond motifs is 2. The molecule has 2 aromatic heterocycles. The summed E-state index contributed by atoms with van der Waals surface area (Å²) in [6, 6.07) is 7.86. The summed E-state index contributed by atoms with van der Waals surface area (Å²) in [5.74, 6) is -4.47. The van der Waals surface area contributed by atoms with Crippen LogP contribution >= 0.6 is 12.4 Å². The first-order chi connectivity index (χ1) is 65.0. The summed E-state index contributed by atoms with van der Waals surface area (Å²) in [5.41, 5.74) is 6.10. The topological polar surface area (TPSA) is 581 Å². The van der Waals surface area contributed by atoms with Crippen molar-refractivity contribution >= 4 is 141 Å². The largest absolute Gasteiger partial charge is 0.507 e. The van der Waals surface area contributed by atoms with Crippen LogP contribution in [0.2, 0.25) is 0 Å². The number of carbonyl (C=O) groups excluding carboxylic acids is 16. The average molecular weight is 1980 g/mol. The number of likely N-dealkylation sites (tertiary alicyclic amines) is 3. The normalized spacial score (nSPS) is 23.9. The van der Waals surface area contributed by atoms with Crippen molar-refractivity contribution in [3.63, 3.8) is 0 Å². The molecule has 8 heterocycles. The van der Waals surface area contributed by atoms with E-state index in [9.17, 15) is 91.4 Å². The molecule has 13 N–H and O–H groups in total. The summed E-state index contributed by atoms with van der Waals surface area (Å²) in [6.07, 6.45) is 10.8. The second kappa shape index (κ2) is 54.0. The number of phenolic OH excluding ortho intramolecular Hbond substituents is 1. The number of carboxylic acid groups (broad SMARTS) is 2. The molecule has 139 heavy (non-hydrogen) atoms. The Morgan fingerprint density at radius 3 is 1.25 bits per heavy atom. The second-order valence-corrected chi connectivity index (χ2v) is 39.0. The van der Waals surface area contributed by atoms with E-state index >= 15 is 0 Å². The van der Waals surface area contributed by atoms with Crippen molar-refractivity contribution in [2.45, 2.75) is 264 Å². The van der Waals surface area contributed by atoms with Gasteiger partial charge in [0.25, 0.3) is 5.91 Å². The molecule has 8 amide bonds. The summed E-state index contributed by atoms with van der Waals surface area (Å²) in [4.78, 5) is 224. The maximum absolute atomic E-state index is 13.4. The Morgan fingerprint density at radius 2 is 0.871 bits per heavy atom. The highest BCUT2D eigenvalue weighted by Gasteiger charge is 2.46. The van der Waals surface area contributed by atoms with Gasteiger partial charge in [0, 0.05) is 103 Å². The van der Waals surface area contributed by atoms with Gasteiger partial charge in [-0.3, -0.25) is 62.5 Å². The predicted octanol–water partition coefficient (Wildman–Crippen LogP) is 7.94. The number of rotatable bonds is 25. The fourth-order valence-corrected chi connectivity index (χ4v) is 18.2. The highest BCUT2D eigenvalue weighted by molar-refractivity contribution is 6.03. The van der Waals surface area contributed by atoms with Crippen molar-refractivity contribution in [3.05, 3.63) is 59.9 Å². The number of hydrogen-bond donors (Lipinski definition) is 12. The molecule has 772 valence electrons. The maximum Gasteiger partial charge on any atom is 0.411 e. The van der Waals surface area contributed by atoms with E-state index in [1.165, 1.54) is 57.5 Å². The molecule has 0 unspecified atom stereocenters. The fraction of sp³-hybridized carbons (Fsp3) is 0.649. The van der Waals surface area contributed by atoms with Crippen molar-refractivity contribution in [2.24, 2.45) is 64.9 Å². The number of esters is 5. The summed E-state index contributed by atoms with van der Waals surface area (Å²) < 4.78 is 39.5. The summed E-state index contributed by atoms with van der Waals surface area (Å²) in [5, 5.41) is 45.1. The van der Waals surface area contributed by atoms with E-state index in [0.717, 1.165) is 68.9 Å². The third-order valence-electron chi connectivity index (χ3n) is 25.4. The highest BCUT2D eigenvalue weighted by Crippen LogP contribution is 2.35. The molecule has 13 rings (SSSR count). The number of H-pyrrole nitrogens is 2. The van der Waals surface area contributed by atoms with Crippen LogP contribution in [0.1, 0.15) is 226 Å². The maximum atomic E-state index is 13.4. The van der Waals surface area contributed by atoms with Crippen molar-refractivity contribution in [3.8, 4) is 11.5 Å². The van der Waals surface area contributed by atoms with E-state index in [1.54, 1.807) is 78.7 Å². The third-order valence-corrected chi connectivity index (χ3v) is 25.4. The van der Waals surface area contributed by atoms with E-state index in [1.807, 2.05) is 39.0 Å². The Balaban J connectivity index is 0.000000257. The van der Waals surface area contributed by atoms with E-state index in [0.29, 0.717) is 125 Å². The zero-order chi connectivity index (χ0) is 102. The SMILES string of the molecule is COC(=O)[C@@H](C)C[C@@H]1CCNC1=O.COC(=O)[C@@H](N)C[C@@H]1CCNC1=O.COC(=O)[C@H](C[C@@H]1CCCC1=O)NC(=O)[C@@H]1C[C@@H](C)CN1.COC(=O)[C@H](C[C@@H]1CCCC1=O)NC(=O)[C@@H]1C[C@@H](C)CN1C(=O)OC(C)(C)C.COC(=O)[C@H](C[C@@H]1CCCC1=O)NC(=O)[C@@H]1C[C@@H](C)CN1C(=O)c1cc2c(OC)cccc2[nH]1.C[C@@H]1C[C@@H](C(=O)O)N(C(=O)OC(C)(C)C)C1.Cl.O=C(O)c1cc2c(O)cccc2[nH]1. The van der Waals surface area contributed by atoms with E-state index in [-0.39, 0.29) is 143 Å². The van der Waals surface area contributed by atoms with Crippen LogP contribution in [0.15, 0.2) is 48.5 Å². The van der Waals surface area contributed by atoms with Crippen LogP contribution in [-0.4, -0.2) is 288 Å². The van der Waals surface area contributed by atoms with Crippen LogP contribution in [0.4, 0.5) is 9.59 Å².